The Morgan fingerprint density at radius 1 is 1.09 bits per heavy atom. The molecule has 2 fully saturated rings. The molecule has 0 spiro atoms. The number of fused-ring (bicyclic) bond motifs is 1. The van der Waals surface area contributed by atoms with Gasteiger partial charge in [0.1, 0.15) is 24.3 Å². The molecule has 3 amide bonds. The smallest absolute Gasteiger partial charge is 0.407 e. The minimum atomic E-state index is -1.78. The van der Waals surface area contributed by atoms with Gasteiger partial charge in [-0.2, -0.15) is 0 Å². The Kier molecular flexibility index (Phi) is 15.8. The summed E-state index contributed by atoms with van der Waals surface area (Å²) in [4.78, 5) is 70.0. The lowest BCUT2D eigenvalue weighted by atomic mass is 10.0. The summed E-state index contributed by atoms with van der Waals surface area (Å²) in [6, 6.07) is 7.52. The van der Waals surface area contributed by atoms with E-state index in [-0.39, 0.29) is 26.4 Å². The summed E-state index contributed by atoms with van der Waals surface area (Å²) in [7, 11) is 0. The van der Waals surface area contributed by atoms with Crippen molar-refractivity contribution < 1.29 is 47.7 Å². The zero-order chi connectivity index (χ0) is 41.3. The zero-order valence-electron chi connectivity index (χ0n) is 32.3. The lowest BCUT2D eigenvalue weighted by molar-refractivity contribution is -0.195. The van der Waals surface area contributed by atoms with E-state index < -0.39 is 75.6 Å². The van der Waals surface area contributed by atoms with Gasteiger partial charge >= 0.3 is 18.0 Å². The third kappa shape index (κ3) is 13.4. The Morgan fingerprint density at radius 3 is 2.48 bits per heavy atom. The first-order valence-corrected chi connectivity index (χ1v) is 19.5. The number of hydrogen-bond acceptors (Lipinski definition) is 12. The Hall–Kier alpha value is -3.73. The number of alkyl carbamates (subject to hydrolysis) is 1. The predicted molar refractivity (Wildman–Crippen MR) is 210 cm³/mol. The second kappa shape index (κ2) is 19.6. The van der Waals surface area contributed by atoms with Crippen LogP contribution < -0.4 is 16.1 Å². The van der Waals surface area contributed by atoms with Crippen LogP contribution in [-0.2, 0) is 49.3 Å². The molecular formula is C38H50Cl3N5O10. The number of carbonyl (C=O) groups excluding carboxylic acids is 5. The Balaban J connectivity index is 1.40. The lowest BCUT2D eigenvalue weighted by Crippen LogP contribution is -2.60. The summed E-state index contributed by atoms with van der Waals surface area (Å²) in [5.41, 5.74) is 2.74. The molecule has 1 aromatic carbocycles. The van der Waals surface area contributed by atoms with Gasteiger partial charge in [0.15, 0.2) is 6.10 Å². The number of halogens is 3. The zero-order valence-corrected chi connectivity index (χ0v) is 34.6. The van der Waals surface area contributed by atoms with Crippen LogP contribution in [0.15, 0.2) is 36.4 Å². The number of pyridine rings is 1. The van der Waals surface area contributed by atoms with E-state index in [1.54, 1.807) is 46.8 Å². The maximum absolute atomic E-state index is 13.9. The Morgan fingerprint density at radius 2 is 1.82 bits per heavy atom. The fourth-order valence-corrected chi connectivity index (χ4v) is 5.92. The van der Waals surface area contributed by atoms with Crippen molar-refractivity contribution in [1.82, 2.24) is 26.1 Å². The standard InChI is InChI=1S/C38H50Cl3N5O10/c1-23(2)30(31(47)43-24(3)32(48)46-17-7-8-28(45-46)33(49)53-22-38(39,40)41)55-34(50)37(21-52-18-19-54-37)15-13-25-9-10-26-11-12-27(44-29(26)20-25)14-16-42-35(51)56-36(4,5)6/h9-13,15,20,23-24,28,30,45H,7-8,14,16-19,21-22H2,1-6H3,(H,42,51)(H,43,47)/b15-13+/t24-,28-,30-,37+/m0/s1. The van der Waals surface area contributed by atoms with Crippen LogP contribution in [0.25, 0.3) is 17.0 Å². The maximum Gasteiger partial charge on any atom is 0.407 e. The summed E-state index contributed by atoms with van der Waals surface area (Å²) < 4.78 is 26.0. The number of nitrogens with one attached hydrogen (secondary N) is 3. The number of amides is 3. The van der Waals surface area contributed by atoms with Crippen LogP contribution in [0.4, 0.5) is 4.79 Å². The molecule has 0 aliphatic carbocycles. The van der Waals surface area contributed by atoms with E-state index in [0.29, 0.717) is 36.9 Å². The first-order valence-electron chi connectivity index (χ1n) is 18.3. The molecule has 2 aliphatic rings. The third-order valence-corrected chi connectivity index (χ3v) is 8.89. The summed E-state index contributed by atoms with van der Waals surface area (Å²) in [6.45, 7) is 10.6. The van der Waals surface area contributed by atoms with Crippen molar-refractivity contribution in [2.45, 2.75) is 94.0 Å². The summed E-state index contributed by atoms with van der Waals surface area (Å²) >= 11 is 17.0. The highest BCUT2D eigenvalue weighted by molar-refractivity contribution is 6.67. The van der Waals surface area contributed by atoms with Crippen LogP contribution in [0.3, 0.4) is 0 Å². The number of hydrogen-bond donors (Lipinski definition) is 3. The molecule has 2 saturated heterocycles. The number of hydrazine groups is 1. The van der Waals surface area contributed by atoms with Gasteiger partial charge in [0.2, 0.25) is 9.39 Å². The van der Waals surface area contributed by atoms with Crippen molar-refractivity contribution in [1.29, 1.82) is 0 Å². The quantitative estimate of drug-likeness (QED) is 0.145. The Bertz CT molecular complexity index is 1760. The molecule has 308 valence electrons. The molecule has 3 heterocycles. The van der Waals surface area contributed by atoms with Gasteiger partial charge in [-0.1, -0.05) is 72.9 Å². The van der Waals surface area contributed by atoms with Gasteiger partial charge in [0.25, 0.3) is 11.8 Å². The summed E-state index contributed by atoms with van der Waals surface area (Å²) in [6.07, 6.45) is 2.79. The van der Waals surface area contributed by atoms with E-state index in [4.69, 9.17) is 63.5 Å². The monoisotopic (exact) mass is 841 g/mol. The predicted octanol–water partition coefficient (Wildman–Crippen LogP) is 4.58. The fourth-order valence-electron chi connectivity index (χ4n) is 5.75. The van der Waals surface area contributed by atoms with E-state index in [1.807, 2.05) is 30.3 Å². The van der Waals surface area contributed by atoms with E-state index in [9.17, 15) is 24.0 Å². The molecule has 3 N–H and O–H groups in total. The molecule has 0 saturated carbocycles. The van der Waals surface area contributed by atoms with Crippen molar-refractivity contribution in [2.24, 2.45) is 5.92 Å². The first-order chi connectivity index (χ1) is 26.2. The van der Waals surface area contributed by atoms with Gasteiger partial charge in [0.05, 0.1) is 25.3 Å². The Labute approximate surface area is 341 Å². The number of ether oxygens (including phenoxy) is 5. The average molecular weight is 843 g/mol. The summed E-state index contributed by atoms with van der Waals surface area (Å²) in [5.74, 6) is -3.24. The third-order valence-electron chi connectivity index (χ3n) is 8.56. The molecule has 18 heteroatoms. The largest absolute Gasteiger partial charge is 0.460 e. The van der Waals surface area contributed by atoms with Crippen LogP contribution in [0.5, 0.6) is 0 Å². The number of benzene rings is 1. The van der Waals surface area contributed by atoms with Crippen LogP contribution >= 0.6 is 34.8 Å². The average Bonchev–Trinajstić information content (AvgIpc) is 3.13. The molecule has 0 bridgehead atoms. The minimum absolute atomic E-state index is 0.103. The molecule has 1 aromatic heterocycles. The normalized spacial score (nSPS) is 20.3. The van der Waals surface area contributed by atoms with Gasteiger partial charge in [-0.05, 0) is 70.2 Å². The van der Waals surface area contributed by atoms with E-state index in [2.05, 4.69) is 16.1 Å². The molecule has 0 unspecified atom stereocenters. The van der Waals surface area contributed by atoms with E-state index >= 15 is 0 Å². The lowest BCUT2D eigenvalue weighted by Gasteiger charge is -2.35. The second-order valence-corrected chi connectivity index (χ2v) is 17.4. The second-order valence-electron chi connectivity index (χ2n) is 14.9. The number of rotatable bonds is 13. The van der Waals surface area contributed by atoms with Crippen molar-refractivity contribution in [3.8, 4) is 0 Å². The van der Waals surface area contributed by atoms with Gasteiger partial charge in [0, 0.05) is 30.6 Å². The van der Waals surface area contributed by atoms with E-state index in [0.717, 1.165) is 11.1 Å². The van der Waals surface area contributed by atoms with Crippen molar-refractivity contribution in [3.05, 3.63) is 47.7 Å². The number of alkyl halides is 3. The van der Waals surface area contributed by atoms with Crippen molar-refractivity contribution in [3.63, 3.8) is 0 Å². The molecule has 4 atom stereocenters. The van der Waals surface area contributed by atoms with Gasteiger partial charge in [-0.15, -0.1) is 0 Å². The SMILES string of the molecule is CC(C)[C@H](OC(=O)[C@@]1(/C=C/c2ccc3ccc(CCNC(=O)OC(C)(C)C)nc3c2)COCCO1)C(=O)N[C@@H](C)C(=O)N1CCC[C@@H](C(=O)OCC(Cl)(Cl)Cl)N1. The van der Waals surface area contributed by atoms with Gasteiger partial charge < -0.3 is 34.3 Å². The minimum Gasteiger partial charge on any atom is -0.460 e. The topological polar surface area (TPSA) is 184 Å². The highest BCUT2D eigenvalue weighted by atomic mass is 35.6. The number of carbonyl (C=O) groups is 5. The molecule has 2 aromatic rings. The van der Waals surface area contributed by atoms with Crippen LogP contribution in [0.2, 0.25) is 0 Å². The van der Waals surface area contributed by atoms with Crippen LogP contribution in [0, 0.1) is 5.92 Å². The van der Waals surface area contributed by atoms with Crippen molar-refractivity contribution >= 4 is 81.6 Å². The van der Waals surface area contributed by atoms with Gasteiger partial charge in [-0.3, -0.25) is 24.4 Å². The maximum atomic E-state index is 13.9. The number of aromatic nitrogens is 1. The molecular weight excluding hydrogens is 793 g/mol. The van der Waals surface area contributed by atoms with Crippen LogP contribution in [-0.4, -0.2) is 113 Å². The van der Waals surface area contributed by atoms with Gasteiger partial charge in [-0.25, -0.2) is 15.0 Å². The molecule has 2 aliphatic heterocycles. The first kappa shape index (κ1) is 45.0. The number of nitrogens with zero attached hydrogens (tertiary/aromatic N) is 2. The number of esters is 2. The highest BCUT2D eigenvalue weighted by Crippen LogP contribution is 2.27. The molecule has 0 radical (unpaired) electrons. The van der Waals surface area contributed by atoms with Crippen LogP contribution in [0.1, 0.15) is 65.6 Å². The van der Waals surface area contributed by atoms with E-state index in [1.165, 1.54) is 11.9 Å². The molecule has 4 rings (SSSR count). The molecule has 56 heavy (non-hydrogen) atoms. The fraction of sp³-hybridized carbons (Fsp3) is 0.579. The van der Waals surface area contributed by atoms with Crippen molar-refractivity contribution in [2.75, 3.05) is 39.5 Å². The summed E-state index contributed by atoms with van der Waals surface area (Å²) in [5, 5.41) is 7.49. The molecule has 15 nitrogen and oxygen atoms in total. The highest BCUT2D eigenvalue weighted by Gasteiger charge is 2.44.